The Morgan fingerprint density at radius 1 is 0.964 bits per heavy atom. The molecule has 8 atom stereocenters. The van der Waals surface area contributed by atoms with Gasteiger partial charge in [-0.05, 0) is 98.2 Å². The van der Waals surface area contributed by atoms with E-state index in [9.17, 15) is 9.90 Å². The first-order chi connectivity index (χ1) is 13.4. The molecule has 0 heterocycles. The van der Waals surface area contributed by atoms with Crippen molar-refractivity contribution in [2.24, 2.45) is 40.4 Å². The van der Waals surface area contributed by atoms with Crippen LogP contribution in [0.25, 0.3) is 0 Å². The van der Waals surface area contributed by atoms with Crippen molar-refractivity contribution >= 4 is 5.97 Å². The van der Waals surface area contributed by atoms with Gasteiger partial charge in [0.25, 0.3) is 0 Å². The molecule has 2 N–H and O–H groups in total. The van der Waals surface area contributed by atoms with E-state index in [1.165, 1.54) is 51.4 Å². The smallest absolute Gasteiger partial charge is 0.303 e. The molecule has 0 saturated heterocycles. The van der Waals surface area contributed by atoms with Crippen LogP contribution in [0, 0.1) is 40.4 Å². The Balaban J connectivity index is 0.00000109. The first kappa shape index (κ1) is 22.1. The van der Waals surface area contributed by atoms with Crippen molar-refractivity contribution in [3.63, 3.8) is 0 Å². The molecule has 4 aliphatic carbocycles. The van der Waals surface area contributed by atoms with Crippen molar-refractivity contribution in [2.75, 3.05) is 0 Å². The van der Waals surface area contributed by atoms with Crippen LogP contribution in [0.15, 0.2) is 0 Å². The van der Waals surface area contributed by atoms with Gasteiger partial charge in [0.05, 0.1) is 6.10 Å². The summed E-state index contributed by atoms with van der Waals surface area (Å²) in [6.45, 7) is 9.04. The van der Waals surface area contributed by atoms with Crippen molar-refractivity contribution in [1.82, 2.24) is 0 Å². The monoisotopic (exact) mass is 392 g/mol. The summed E-state index contributed by atoms with van der Waals surface area (Å²) in [5, 5.41) is 20.2. The van der Waals surface area contributed by atoms with Crippen LogP contribution in [0.2, 0.25) is 0 Å². The number of hydrogen-bond acceptors (Lipinski definition) is 2. The molecule has 0 spiro atoms. The van der Waals surface area contributed by atoms with Crippen molar-refractivity contribution in [1.29, 1.82) is 0 Å². The average Bonchev–Trinajstić information content (AvgIpc) is 3.00. The fourth-order valence-electron chi connectivity index (χ4n) is 8.34. The first-order valence-electron chi connectivity index (χ1n) is 12.3. The van der Waals surface area contributed by atoms with Gasteiger partial charge in [-0.25, -0.2) is 0 Å². The van der Waals surface area contributed by atoms with Gasteiger partial charge in [0.15, 0.2) is 0 Å². The summed E-state index contributed by atoms with van der Waals surface area (Å²) in [6, 6.07) is 0. The molecule has 0 radical (unpaired) electrons. The van der Waals surface area contributed by atoms with Gasteiger partial charge in [-0.1, -0.05) is 40.5 Å². The minimum atomic E-state index is -0.660. The van der Waals surface area contributed by atoms with E-state index < -0.39 is 5.97 Å². The number of fused-ring (bicyclic) bond motifs is 5. The summed E-state index contributed by atoms with van der Waals surface area (Å²) in [4.78, 5) is 10.9. The second-order valence-electron chi connectivity index (χ2n) is 10.6. The van der Waals surface area contributed by atoms with Gasteiger partial charge < -0.3 is 10.2 Å². The van der Waals surface area contributed by atoms with Crippen LogP contribution in [0.4, 0.5) is 0 Å². The zero-order valence-electron chi connectivity index (χ0n) is 18.8. The molecule has 28 heavy (non-hydrogen) atoms. The van der Waals surface area contributed by atoms with E-state index in [4.69, 9.17) is 5.11 Å². The van der Waals surface area contributed by atoms with E-state index in [-0.39, 0.29) is 6.10 Å². The van der Waals surface area contributed by atoms with Gasteiger partial charge in [-0.3, -0.25) is 4.79 Å². The minimum absolute atomic E-state index is 0.0985. The lowest BCUT2D eigenvalue weighted by molar-refractivity contribution is -0.162. The summed E-state index contributed by atoms with van der Waals surface area (Å²) >= 11 is 0. The van der Waals surface area contributed by atoms with Crippen LogP contribution in [0.1, 0.15) is 105 Å². The molecule has 0 bridgehead atoms. The largest absolute Gasteiger partial charge is 0.481 e. The molecular formula is C25H44O3. The third-order valence-electron chi connectivity index (χ3n) is 9.74. The Kier molecular flexibility index (Phi) is 6.84. The Morgan fingerprint density at radius 2 is 1.68 bits per heavy atom. The van der Waals surface area contributed by atoms with E-state index in [1.54, 1.807) is 0 Å². The van der Waals surface area contributed by atoms with Crippen molar-refractivity contribution < 1.29 is 15.0 Å². The van der Waals surface area contributed by atoms with Crippen LogP contribution in [-0.2, 0) is 4.79 Å². The van der Waals surface area contributed by atoms with Gasteiger partial charge in [0.2, 0.25) is 0 Å². The third-order valence-corrected chi connectivity index (χ3v) is 9.74. The summed E-state index contributed by atoms with van der Waals surface area (Å²) in [5.74, 6) is 2.62. The number of carboxylic acid groups (broad SMARTS) is 1. The van der Waals surface area contributed by atoms with Crippen LogP contribution in [0.5, 0.6) is 0 Å². The highest BCUT2D eigenvalue weighted by Crippen LogP contribution is 2.67. The fourth-order valence-corrected chi connectivity index (χ4v) is 8.34. The van der Waals surface area contributed by atoms with Gasteiger partial charge in [-0.2, -0.15) is 0 Å². The van der Waals surface area contributed by atoms with E-state index >= 15 is 0 Å². The highest BCUT2D eigenvalue weighted by atomic mass is 16.4. The molecular weight excluding hydrogens is 348 g/mol. The molecule has 0 aliphatic heterocycles. The van der Waals surface area contributed by atoms with Crippen LogP contribution in [0.3, 0.4) is 0 Å². The second kappa shape index (κ2) is 8.66. The van der Waals surface area contributed by atoms with Crippen molar-refractivity contribution in [3.05, 3.63) is 0 Å². The zero-order valence-corrected chi connectivity index (χ0v) is 18.8. The Labute approximate surface area is 172 Å². The Hall–Kier alpha value is -0.570. The number of rotatable bonds is 4. The molecule has 8 unspecified atom stereocenters. The normalized spacial score (nSPS) is 47.2. The highest BCUT2D eigenvalue weighted by molar-refractivity contribution is 5.66. The Bertz CT molecular complexity index is 546. The average molecular weight is 393 g/mol. The molecule has 3 nitrogen and oxygen atoms in total. The molecule has 4 saturated carbocycles. The predicted octanol–water partition coefficient (Wildman–Crippen LogP) is 6.29. The number of aliphatic hydroxyl groups excluding tert-OH is 1. The van der Waals surface area contributed by atoms with E-state index in [0.29, 0.717) is 40.9 Å². The van der Waals surface area contributed by atoms with Crippen LogP contribution < -0.4 is 0 Å². The van der Waals surface area contributed by atoms with Gasteiger partial charge in [-0.15, -0.1) is 0 Å². The molecule has 4 fully saturated rings. The molecule has 0 aromatic rings. The molecule has 0 aromatic carbocycles. The molecule has 0 amide bonds. The lowest BCUT2D eigenvalue weighted by Gasteiger charge is -2.62. The van der Waals surface area contributed by atoms with Crippen molar-refractivity contribution in [2.45, 2.75) is 111 Å². The second-order valence-corrected chi connectivity index (χ2v) is 10.6. The maximum Gasteiger partial charge on any atom is 0.303 e. The number of hydrogen-bond donors (Lipinski definition) is 2. The SMILES string of the molecule is CC.CC12CCC3C(C(O)CC4CCCCC43C)C1CCC2CCCC(=O)O. The topological polar surface area (TPSA) is 57.5 Å². The minimum Gasteiger partial charge on any atom is -0.481 e. The summed E-state index contributed by atoms with van der Waals surface area (Å²) in [6.07, 6.45) is 13.7. The third kappa shape index (κ3) is 3.66. The van der Waals surface area contributed by atoms with Crippen LogP contribution in [-0.4, -0.2) is 22.3 Å². The lowest BCUT2D eigenvalue weighted by Crippen LogP contribution is -2.57. The number of carboxylic acids is 1. The van der Waals surface area contributed by atoms with E-state index in [2.05, 4.69) is 13.8 Å². The maximum absolute atomic E-state index is 11.2. The van der Waals surface area contributed by atoms with Gasteiger partial charge >= 0.3 is 5.97 Å². The molecule has 4 rings (SSSR count). The summed E-state index contributed by atoms with van der Waals surface area (Å²) in [7, 11) is 0. The maximum atomic E-state index is 11.2. The van der Waals surface area contributed by atoms with E-state index in [0.717, 1.165) is 25.2 Å². The van der Waals surface area contributed by atoms with E-state index in [1.807, 2.05) is 13.8 Å². The summed E-state index contributed by atoms with van der Waals surface area (Å²) < 4.78 is 0. The number of aliphatic carboxylic acids is 1. The first-order valence-corrected chi connectivity index (χ1v) is 12.3. The quantitative estimate of drug-likeness (QED) is 0.591. The van der Waals surface area contributed by atoms with Gasteiger partial charge in [0.1, 0.15) is 0 Å². The lowest BCUT2D eigenvalue weighted by atomic mass is 9.44. The van der Waals surface area contributed by atoms with Gasteiger partial charge in [0, 0.05) is 6.42 Å². The molecule has 4 aliphatic rings. The molecule has 3 heteroatoms. The fraction of sp³-hybridized carbons (Fsp3) is 0.960. The number of aliphatic hydroxyl groups is 1. The summed E-state index contributed by atoms with van der Waals surface area (Å²) in [5.41, 5.74) is 0.795. The van der Waals surface area contributed by atoms with Crippen LogP contribution >= 0.6 is 0 Å². The molecule has 0 aromatic heterocycles. The standard InChI is InChI=1S/C23H38O3.C2H6/c1-22-12-4-3-6-16(22)14-19(24)21-17-10-9-15(7-5-8-20(25)26)23(17,2)13-11-18(21)22;1-2/h15-19,21,24H,3-14H2,1-2H3,(H,25,26);1-2H3. The van der Waals surface area contributed by atoms with Crippen molar-refractivity contribution in [3.8, 4) is 0 Å². The molecule has 162 valence electrons. The highest BCUT2D eigenvalue weighted by Gasteiger charge is 2.61. The zero-order chi connectivity index (χ0) is 20.5. The number of carbonyl (C=O) groups is 1. The Morgan fingerprint density at radius 3 is 2.39 bits per heavy atom. The predicted molar refractivity (Wildman–Crippen MR) is 114 cm³/mol.